The van der Waals surface area contributed by atoms with Crippen LogP contribution in [0.2, 0.25) is 0 Å². The van der Waals surface area contributed by atoms with E-state index >= 15 is 0 Å². The van der Waals surface area contributed by atoms with Crippen LogP contribution >= 0.6 is 0 Å². The number of hydrogen-bond donors (Lipinski definition) is 4. The third-order valence-electron chi connectivity index (χ3n) is 8.22. The predicted octanol–water partition coefficient (Wildman–Crippen LogP) is 3.73. The second-order valence-electron chi connectivity index (χ2n) is 13.4. The molecule has 0 saturated carbocycles. The van der Waals surface area contributed by atoms with Crippen LogP contribution in [-0.2, 0) is 29.1 Å². The maximum atomic E-state index is 13.6. The van der Waals surface area contributed by atoms with Crippen LogP contribution in [0.4, 0.5) is 0 Å². The van der Waals surface area contributed by atoms with Gasteiger partial charge < -0.3 is 20.8 Å². The molecule has 0 bridgehead atoms. The van der Waals surface area contributed by atoms with Gasteiger partial charge in [0.15, 0.2) is 0 Å². The zero-order chi connectivity index (χ0) is 32.6. The Labute approximate surface area is 267 Å². The van der Waals surface area contributed by atoms with Gasteiger partial charge in [-0.25, -0.2) is 0 Å². The third-order valence-corrected chi connectivity index (χ3v) is 8.22. The summed E-state index contributed by atoms with van der Waals surface area (Å²) in [5.41, 5.74) is 4.16. The Morgan fingerprint density at radius 2 is 1.69 bits per heavy atom. The van der Waals surface area contributed by atoms with Gasteiger partial charge in [0.25, 0.3) is 0 Å². The van der Waals surface area contributed by atoms with Crippen molar-refractivity contribution in [3.63, 3.8) is 0 Å². The number of pyridine rings is 1. The number of nitrogens with one attached hydrogen (secondary N) is 2. The van der Waals surface area contributed by atoms with Crippen LogP contribution in [0.1, 0.15) is 55.0 Å². The van der Waals surface area contributed by atoms with Gasteiger partial charge in [0.2, 0.25) is 11.8 Å². The van der Waals surface area contributed by atoms with Crippen molar-refractivity contribution in [3.8, 4) is 5.75 Å². The lowest BCUT2D eigenvalue weighted by Gasteiger charge is -2.42. The van der Waals surface area contributed by atoms with Gasteiger partial charge in [0, 0.05) is 63.1 Å². The number of rotatable bonds is 12. The number of carbonyl (C=O) groups excluding carboxylic acids is 2. The summed E-state index contributed by atoms with van der Waals surface area (Å²) < 4.78 is 0. The van der Waals surface area contributed by atoms with Crippen LogP contribution < -0.4 is 10.6 Å². The van der Waals surface area contributed by atoms with Crippen molar-refractivity contribution in [1.29, 1.82) is 0 Å². The normalized spacial score (nSPS) is 17.4. The molecule has 1 saturated heterocycles. The van der Waals surface area contributed by atoms with E-state index in [0.29, 0.717) is 32.6 Å². The summed E-state index contributed by atoms with van der Waals surface area (Å²) in [4.78, 5) is 35.6. The minimum absolute atomic E-state index is 0.0661. The highest BCUT2D eigenvalue weighted by atomic mass is 16.3. The van der Waals surface area contributed by atoms with Gasteiger partial charge in [0.1, 0.15) is 11.8 Å². The van der Waals surface area contributed by atoms with Gasteiger partial charge in [0.05, 0.1) is 6.10 Å². The Bertz CT molecular complexity index is 1390. The first-order valence-electron chi connectivity index (χ1n) is 15.8. The van der Waals surface area contributed by atoms with Crippen LogP contribution in [0.25, 0.3) is 0 Å². The number of β-amino-alcohol motifs (C(OH)–C–C–N with tert-alkyl or cyclic N) is 1. The molecule has 2 aromatic carbocycles. The van der Waals surface area contributed by atoms with Crippen molar-refractivity contribution in [3.05, 3.63) is 94.8 Å². The summed E-state index contributed by atoms with van der Waals surface area (Å²) in [6.07, 6.45) is 3.55. The molecule has 2 heterocycles. The number of phenolic OH excluding ortho intramolecular Hbond substituents is 1. The molecule has 242 valence electrons. The minimum atomic E-state index is -0.808. The van der Waals surface area contributed by atoms with Crippen molar-refractivity contribution < 1.29 is 19.8 Å². The molecular formula is C36H49N5O4. The number of aliphatic hydroxyl groups excluding tert-OH is 1. The number of aromatic hydroxyl groups is 1. The van der Waals surface area contributed by atoms with Crippen molar-refractivity contribution in [2.24, 2.45) is 5.92 Å². The van der Waals surface area contributed by atoms with E-state index in [1.165, 1.54) is 0 Å². The first-order chi connectivity index (χ1) is 21.4. The monoisotopic (exact) mass is 615 g/mol. The molecule has 3 aromatic rings. The van der Waals surface area contributed by atoms with Crippen LogP contribution in [0.3, 0.4) is 0 Å². The highest BCUT2D eigenvalue weighted by molar-refractivity contribution is 5.83. The molecule has 0 aliphatic carbocycles. The van der Waals surface area contributed by atoms with Gasteiger partial charge in [-0.1, -0.05) is 48.5 Å². The van der Waals surface area contributed by atoms with Crippen LogP contribution in [0.5, 0.6) is 5.75 Å². The molecule has 9 nitrogen and oxygen atoms in total. The molecule has 1 aliphatic heterocycles. The van der Waals surface area contributed by atoms with Crippen molar-refractivity contribution in [1.82, 2.24) is 25.4 Å². The first-order valence-corrected chi connectivity index (χ1v) is 15.8. The number of phenols is 1. The van der Waals surface area contributed by atoms with Gasteiger partial charge in [-0.05, 0) is 81.3 Å². The largest absolute Gasteiger partial charge is 0.507 e. The van der Waals surface area contributed by atoms with Gasteiger partial charge in [-0.2, -0.15) is 0 Å². The molecule has 45 heavy (non-hydrogen) atoms. The molecule has 0 spiro atoms. The maximum absolute atomic E-state index is 13.6. The number of aromatic nitrogens is 1. The summed E-state index contributed by atoms with van der Waals surface area (Å²) in [5, 5.41) is 27.7. The van der Waals surface area contributed by atoms with Gasteiger partial charge in [-0.15, -0.1) is 0 Å². The lowest BCUT2D eigenvalue weighted by Crippen LogP contribution is -2.61. The second-order valence-corrected chi connectivity index (χ2v) is 13.4. The lowest BCUT2D eigenvalue weighted by atomic mass is 9.92. The summed E-state index contributed by atoms with van der Waals surface area (Å²) in [5.74, 6) is -0.397. The fourth-order valence-electron chi connectivity index (χ4n) is 6.03. The number of benzene rings is 2. The highest BCUT2D eigenvalue weighted by Gasteiger charge is 2.35. The van der Waals surface area contributed by atoms with Gasteiger partial charge >= 0.3 is 0 Å². The van der Waals surface area contributed by atoms with Crippen LogP contribution in [-0.4, -0.2) is 80.7 Å². The Kier molecular flexibility index (Phi) is 11.7. The number of carbonyl (C=O) groups is 2. The van der Waals surface area contributed by atoms with Crippen LogP contribution in [0.15, 0.2) is 67.0 Å². The van der Waals surface area contributed by atoms with E-state index in [4.69, 9.17) is 0 Å². The number of aliphatic hydroxyl groups is 1. The zero-order valence-electron chi connectivity index (χ0n) is 27.3. The third kappa shape index (κ3) is 10.4. The maximum Gasteiger partial charge on any atom is 0.239 e. The smallest absolute Gasteiger partial charge is 0.239 e. The molecule has 1 fully saturated rings. The molecule has 3 atom stereocenters. The predicted molar refractivity (Wildman–Crippen MR) is 176 cm³/mol. The highest BCUT2D eigenvalue weighted by Crippen LogP contribution is 2.24. The standard InChI is InChI=1S/C36H49N5O4/c1-25-16-29(17-26(2)33(25)43)21-38-34(44)30(18-27-10-7-6-8-11-27)19-31(42)23-41-15-14-40(22-28-12-9-13-37-20-28)24-32(41)35(45)39-36(3,4)5/h6-13,16-17,20,30-32,42-43H,14-15,18-19,21-24H2,1-5H3,(H,38,44)(H,39,45)/t30-,31+,32+/m1/s1. The minimum Gasteiger partial charge on any atom is -0.507 e. The van der Waals surface area contributed by atoms with Crippen molar-refractivity contribution in [2.75, 3.05) is 26.2 Å². The zero-order valence-corrected chi connectivity index (χ0v) is 27.3. The molecule has 1 aromatic heterocycles. The fourth-order valence-corrected chi connectivity index (χ4v) is 6.03. The molecule has 4 N–H and O–H groups in total. The van der Waals surface area contributed by atoms with Gasteiger partial charge in [-0.3, -0.25) is 24.4 Å². The molecule has 2 amide bonds. The first kappa shape index (κ1) is 34.1. The SMILES string of the molecule is Cc1cc(CNC(=O)[C@H](Cc2ccccc2)C[C@H](O)CN2CCN(Cc3cccnc3)C[C@H]2C(=O)NC(C)(C)C)cc(C)c1O. The number of piperazine rings is 1. The van der Waals surface area contributed by atoms with E-state index in [9.17, 15) is 19.8 Å². The Morgan fingerprint density at radius 3 is 2.33 bits per heavy atom. The summed E-state index contributed by atoms with van der Waals surface area (Å²) >= 11 is 0. The number of nitrogens with zero attached hydrogens (tertiary/aromatic N) is 3. The van der Waals surface area contributed by atoms with Crippen molar-refractivity contribution >= 4 is 11.8 Å². The van der Waals surface area contributed by atoms with E-state index in [1.807, 2.05) is 95.4 Å². The average Bonchev–Trinajstić information content (AvgIpc) is 2.99. The molecule has 1 aliphatic rings. The molecule has 4 rings (SSSR count). The van der Waals surface area contributed by atoms with E-state index < -0.39 is 18.1 Å². The van der Waals surface area contributed by atoms with Crippen LogP contribution in [0, 0.1) is 19.8 Å². The number of aryl methyl sites for hydroxylation is 2. The summed E-state index contributed by atoms with van der Waals surface area (Å²) in [6.45, 7) is 12.8. The molecular weight excluding hydrogens is 566 g/mol. The van der Waals surface area contributed by atoms with E-state index in [0.717, 1.165) is 34.4 Å². The topological polar surface area (TPSA) is 118 Å². The lowest BCUT2D eigenvalue weighted by molar-refractivity contribution is -0.132. The Hall–Kier alpha value is -3.79. The molecule has 0 radical (unpaired) electrons. The Balaban J connectivity index is 1.45. The van der Waals surface area contributed by atoms with E-state index in [-0.39, 0.29) is 36.1 Å². The quantitative estimate of drug-likeness (QED) is 0.245. The summed E-state index contributed by atoms with van der Waals surface area (Å²) in [7, 11) is 0. The average molecular weight is 616 g/mol. The Morgan fingerprint density at radius 1 is 1.00 bits per heavy atom. The molecule has 0 unspecified atom stereocenters. The van der Waals surface area contributed by atoms with E-state index in [1.54, 1.807) is 6.20 Å². The number of hydrogen-bond acceptors (Lipinski definition) is 7. The van der Waals surface area contributed by atoms with Crippen molar-refractivity contribution in [2.45, 2.75) is 78.2 Å². The fraction of sp³-hybridized carbons (Fsp3) is 0.472. The molecule has 9 heteroatoms. The number of amides is 2. The van der Waals surface area contributed by atoms with E-state index in [2.05, 4.69) is 25.4 Å². The second kappa shape index (κ2) is 15.5. The summed E-state index contributed by atoms with van der Waals surface area (Å²) in [6, 6.07) is 17.1.